The third-order valence-electron chi connectivity index (χ3n) is 6.87. The molecule has 2 aromatic carbocycles. The maximum absolute atomic E-state index is 13.8. The number of likely N-dealkylation sites (N-methyl/N-ethyl adjacent to an activating group) is 1. The Morgan fingerprint density at radius 2 is 1.71 bits per heavy atom. The van der Waals surface area contributed by atoms with E-state index in [0.717, 1.165) is 9.88 Å². The summed E-state index contributed by atoms with van der Waals surface area (Å²) >= 11 is 13.2. The van der Waals surface area contributed by atoms with Gasteiger partial charge in [-0.3, -0.25) is 14.4 Å². The normalized spacial score (nSPS) is 28.7. The maximum atomic E-state index is 13.8. The second-order valence-corrected chi connectivity index (χ2v) is 11.2. The Morgan fingerprint density at radius 1 is 1.06 bits per heavy atom. The van der Waals surface area contributed by atoms with Gasteiger partial charge in [-0.25, -0.2) is 4.90 Å². The molecule has 0 radical (unpaired) electrons. The van der Waals surface area contributed by atoms with Crippen molar-refractivity contribution in [2.24, 2.45) is 5.92 Å². The summed E-state index contributed by atoms with van der Waals surface area (Å²) in [5, 5.41) is 2.18. The van der Waals surface area contributed by atoms with Gasteiger partial charge in [0.1, 0.15) is 15.4 Å². The molecular formula is C24H24ClN3O4S2. The SMILES string of the molecule is COc1ccc(N2C(=O)[C@@H]3[C@@H](c4ccc(Cl)cc4)N([C@H]4SC(=S)N(C)C4(C)C)O[C@H]3C2=O)cc1. The first kappa shape index (κ1) is 23.6. The monoisotopic (exact) mass is 517 g/mol. The fraction of sp³-hybridized carbons (Fsp3) is 0.375. The number of imide groups is 1. The molecule has 0 saturated carbocycles. The molecule has 2 aromatic rings. The first-order valence-corrected chi connectivity index (χ1v) is 12.5. The van der Waals surface area contributed by atoms with E-state index in [1.54, 1.807) is 48.6 Å². The first-order valence-electron chi connectivity index (χ1n) is 10.8. The number of carbonyl (C=O) groups excluding carboxylic acids is 2. The Kier molecular flexibility index (Phi) is 5.89. The number of methoxy groups -OCH3 is 1. The lowest BCUT2D eigenvalue weighted by molar-refractivity contribution is -0.188. The minimum Gasteiger partial charge on any atom is -0.497 e. The van der Waals surface area contributed by atoms with E-state index in [1.165, 1.54) is 16.7 Å². The molecular weight excluding hydrogens is 494 g/mol. The van der Waals surface area contributed by atoms with Crippen molar-refractivity contribution in [1.82, 2.24) is 9.96 Å². The van der Waals surface area contributed by atoms with Crippen molar-refractivity contribution < 1.29 is 19.2 Å². The molecule has 7 nitrogen and oxygen atoms in total. The van der Waals surface area contributed by atoms with Gasteiger partial charge in [-0.2, -0.15) is 5.06 Å². The van der Waals surface area contributed by atoms with Crippen LogP contribution in [-0.4, -0.2) is 57.3 Å². The van der Waals surface area contributed by atoms with Crippen LogP contribution in [0.25, 0.3) is 0 Å². The predicted molar refractivity (Wildman–Crippen MR) is 136 cm³/mol. The van der Waals surface area contributed by atoms with Crippen molar-refractivity contribution in [2.45, 2.75) is 36.9 Å². The number of hydrogen-bond donors (Lipinski definition) is 0. The van der Waals surface area contributed by atoms with E-state index in [2.05, 4.69) is 13.8 Å². The van der Waals surface area contributed by atoms with Crippen LogP contribution in [-0.2, 0) is 14.4 Å². The van der Waals surface area contributed by atoms with E-state index in [0.29, 0.717) is 16.5 Å². The van der Waals surface area contributed by atoms with Gasteiger partial charge >= 0.3 is 0 Å². The lowest BCUT2D eigenvalue weighted by atomic mass is 9.90. The standard InChI is InChI=1S/C24H24ClN3O4S2/c1-24(2)22(34-23(33)26(24)3)28-18(13-5-7-14(25)8-6-13)17-19(32-28)21(30)27(20(17)29)15-9-11-16(31-4)12-10-15/h5-12,17-19,22H,1-4H3/t17-,18-,19-,22+/m1/s1. The molecule has 3 aliphatic rings. The van der Waals surface area contributed by atoms with Gasteiger partial charge in [-0.1, -0.05) is 47.7 Å². The van der Waals surface area contributed by atoms with Crippen LogP contribution in [0.15, 0.2) is 48.5 Å². The topological polar surface area (TPSA) is 62.3 Å². The summed E-state index contributed by atoms with van der Waals surface area (Å²) in [6, 6.07) is 13.7. The molecule has 10 heteroatoms. The number of carbonyl (C=O) groups is 2. The van der Waals surface area contributed by atoms with Gasteiger partial charge in [0.15, 0.2) is 6.10 Å². The van der Waals surface area contributed by atoms with Crippen molar-refractivity contribution in [1.29, 1.82) is 0 Å². The Bertz CT molecular complexity index is 1160. The second-order valence-electron chi connectivity index (χ2n) is 9.07. The highest BCUT2D eigenvalue weighted by Gasteiger charge is 2.63. The van der Waals surface area contributed by atoms with Crippen LogP contribution < -0.4 is 9.64 Å². The zero-order valence-corrected chi connectivity index (χ0v) is 21.5. The van der Waals surface area contributed by atoms with Gasteiger partial charge in [-0.05, 0) is 55.8 Å². The number of hydrogen-bond acceptors (Lipinski definition) is 7. The van der Waals surface area contributed by atoms with Crippen LogP contribution in [0.2, 0.25) is 5.02 Å². The number of fused-ring (bicyclic) bond motifs is 1. The summed E-state index contributed by atoms with van der Waals surface area (Å²) in [7, 11) is 3.52. The van der Waals surface area contributed by atoms with Crippen LogP contribution in [0, 0.1) is 5.92 Å². The Balaban J connectivity index is 1.55. The number of halogens is 1. The van der Waals surface area contributed by atoms with Crippen LogP contribution in [0.3, 0.4) is 0 Å². The number of hydroxylamine groups is 2. The van der Waals surface area contributed by atoms with Gasteiger partial charge in [-0.15, -0.1) is 0 Å². The highest BCUT2D eigenvalue weighted by molar-refractivity contribution is 8.23. The van der Waals surface area contributed by atoms with Crippen molar-refractivity contribution in [2.75, 3.05) is 19.1 Å². The minimum absolute atomic E-state index is 0.216. The zero-order valence-electron chi connectivity index (χ0n) is 19.1. The summed E-state index contributed by atoms with van der Waals surface area (Å²) in [6.45, 7) is 4.15. The van der Waals surface area contributed by atoms with E-state index in [9.17, 15) is 9.59 Å². The van der Waals surface area contributed by atoms with Crippen molar-refractivity contribution >= 4 is 57.4 Å². The third-order valence-corrected chi connectivity index (χ3v) is 9.17. The van der Waals surface area contributed by atoms with Crippen LogP contribution in [0.4, 0.5) is 5.69 Å². The number of benzene rings is 2. The number of nitrogens with zero attached hydrogens (tertiary/aromatic N) is 3. The average molecular weight is 518 g/mol. The molecule has 2 amide bonds. The Morgan fingerprint density at radius 3 is 2.26 bits per heavy atom. The van der Waals surface area contributed by atoms with Crippen LogP contribution in [0.1, 0.15) is 25.5 Å². The molecule has 4 atom stereocenters. The number of rotatable bonds is 4. The molecule has 5 rings (SSSR count). The lowest BCUT2D eigenvalue weighted by Crippen LogP contribution is -2.51. The molecule has 3 fully saturated rings. The third kappa shape index (κ3) is 3.53. The first-order chi connectivity index (χ1) is 16.1. The highest BCUT2D eigenvalue weighted by atomic mass is 35.5. The van der Waals surface area contributed by atoms with Crippen molar-refractivity contribution in [3.8, 4) is 5.75 Å². The van der Waals surface area contributed by atoms with E-state index in [1.807, 2.05) is 24.1 Å². The molecule has 0 aliphatic carbocycles. The van der Waals surface area contributed by atoms with Crippen LogP contribution in [0.5, 0.6) is 5.75 Å². The minimum atomic E-state index is -0.925. The molecule has 0 aromatic heterocycles. The second kappa shape index (κ2) is 8.49. The summed E-state index contributed by atoms with van der Waals surface area (Å²) in [4.78, 5) is 36.8. The van der Waals surface area contributed by atoms with Gasteiger partial charge in [0, 0.05) is 12.1 Å². The summed E-state index contributed by atoms with van der Waals surface area (Å²) in [6.07, 6.45) is -0.925. The molecule has 3 saturated heterocycles. The zero-order chi connectivity index (χ0) is 24.4. The smallest absolute Gasteiger partial charge is 0.265 e. The fourth-order valence-corrected chi connectivity index (χ4v) is 6.67. The largest absolute Gasteiger partial charge is 0.497 e. The van der Waals surface area contributed by atoms with Crippen LogP contribution >= 0.6 is 35.6 Å². The molecule has 178 valence electrons. The highest BCUT2D eigenvalue weighted by Crippen LogP contribution is 2.52. The number of amides is 2. The molecule has 3 aliphatic heterocycles. The Hall–Kier alpha value is -2.17. The number of thiocarbonyl (C=S) groups is 1. The Labute approximate surface area is 212 Å². The fourth-order valence-electron chi connectivity index (χ4n) is 4.72. The predicted octanol–water partition coefficient (Wildman–Crippen LogP) is 4.26. The summed E-state index contributed by atoms with van der Waals surface area (Å²) in [5.74, 6) is -0.727. The summed E-state index contributed by atoms with van der Waals surface area (Å²) in [5.41, 5.74) is 0.963. The molecule has 0 bridgehead atoms. The number of anilines is 1. The quantitative estimate of drug-likeness (QED) is 0.440. The van der Waals surface area contributed by atoms with Gasteiger partial charge in [0.05, 0.1) is 30.3 Å². The van der Waals surface area contributed by atoms with Crippen molar-refractivity contribution in [3.05, 3.63) is 59.1 Å². The number of thioether (sulfide) groups is 1. The van der Waals surface area contributed by atoms with E-state index >= 15 is 0 Å². The molecule has 0 spiro atoms. The molecule has 3 heterocycles. The maximum Gasteiger partial charge on any atom is 0.265 e. The van der Waals surface area contributed by atoms with E-state index in [4.69, 9.17) is 33.4 Å². The average Bonchev–Trinajstić information content (AvgIpc) is 3.39. The summed E-state index contributed by atoms with van der Waals surface area (Å²) < 4.78 is 5.94. The van der Waals surface area contributed by atoms with Gasteiger partial charge in [0.25, 0.3) is 5.91 Å². The molecule has 0 unspecified atom stereocenters. The molecule has 0 N–H and O–H groups in total. The van der Waals surface area contributed by atoms with E-state index < -0.39 is 18.1 Å². The van der Waals surface area contributed by atoms with Crippen molar-refractivity contribution in [3.63, 3.8) is 0 Å². The van der Waals surface area contributed by atoms with Gasteiger partial charge in [0.2, 0.25) is 5.91 Å². The lowest BCUT2D eigenvalue weighted by Gasteiger charge is -2.39. The number of ether oxygens (including phenoxy) is 1. The molecule has 34 heavy (non-hydrogen) atoms. The van der Waals surface area contributed by atoms with Gasteiger partial charge < -0.3 is 9.64 Å². The van der Waals surface area contributed by atoms with E-state index in [-0.39, 0.29) is 22.7 Å².